The molecule has 3 aliphatic rings. The quantitative estimate of drug-likeness (QED) is 0.566. The van der Waals surface area contributed by atoms with Gasteiger partial charge in [0.05, 0.1) is 12.5 Å². The zero-order chi connectivity index (χ0) is 22.5. The van der Waals surface area contributed by atoms with Crippen LogP contribution in [-0.4, -0.2) is 48.2 Å². The van der Waals surface area contributed by atoms with Crippen molar-refractivity contribution in [2.24, 2.45) is 5.92 Å². The van der Waals surface area contributed by atoms with Gasteiger partial charge in [0, 0.05) is 24.9 Å². The number of nitrogens with zero attached hydrogens (tertiary/aromatic N) is 1. The number of hydrogen-bond donors (Lipinski definition) is 1. The minimum Gasteiger partial charge on any atom is -0.481 e. The molecule has 0 spiro atoms. The van der Waals surface area contributed by atoms with Crippen molar-refractivity contribution in [3.63, 3.8) is 0 Å². The molecule has 168 valence electrons. The first kappa shape index (κ1) is 20.6. The summed E-state index contributed by atoms with van der Waals surface area (Å²) in [7, 11) is 0. The Hall–Kier alpha value is -2.99. The number of aliphatic carboxylic acids is 1. The molecule has 5 nitrogen and oxygen atoms in total. The average Bonchev–Trinajstić information content (AvgIpc) is 3.34. The van der Waals surface area contributed by atoms with Crippen molar-refractivity contribution in [2.75, 3.05) is 19.7 Å². The van der Waals surface area contributed by atoms with Gasteiger partial charge in [-0.3, -0.25) is 9.69 Å². The molecule has 3 aromatic rings. The van der Waals surface area contributed by atoms with Crippen LogP contribution in [0.4, 0.5) is 0 Å². The van der Waals surface area contributed by atoms with Crippen molar-refractivity contribution in [3.05, 3.63) is 95.1 Å². The smallest absolute Gasteiger partial charge is 0.308 e. The molecule has 0 bridgehead atoms. The number of rotatable bonds is 6. The molecule has 6 rings (SSSR count). The lowest BCUT2D eigenvalue weighted by Crippen LogP contribution is -2.28. The lowest BCUT2D eigenvalue weighted by atomic mass is 9.89. The van der Waals surface area contributed by atoms with Gasteiger partial charge in [-0.2, -0.15) is 0 Å². The Labute approximate surface area is 193 Å². The van der Waals surface area contributed by atoms with Crippen molar-refractivity contribution in [1.29, 1.82) is 0 Å². The van der Waals surface area contributed by atoms with Crippen LogP contribution in [0.1, 0.15) is 34.1 Å². The number of hydrogen-bond acceptors (Lipinski definition) is 4. The third-order valence-corrected chi connectivity index (χ3v) is 7.35. The van der Waals surface area contributed by atoms with E-state index in [2.05, 4.69) is 65.6 Å². The summed E-state index contributed by atoms with van der Waals surface area (Å²) in [6.07, 6.45) is -0.481. The van der Waals surface area contributed by atoms with Crippen LogP contribution in [0.2, 0.25) is 0 Å². The van der Waals surface area contributed by atoms with Crippen LogP contribution >= 0.6 is 0 Å². The van der Waals surface area contributed by atoms with Crippen LogP contribution in [0.25, 0.3) is 11.1 Å². The standard InChI is InChI=1S/C28H27NO4/c1-17-10-12-18(13-11-17)23-14-29(15-24(23)27(30)31)26-28(33-26)32-16-25-21-8-4-2-6-19(21)20-7-3-5-9-22(20)25/h2-13,23-26,28H,14-16H2,1H3,(H,30,31)/t23-,24+,26?,28?/m0/s1. The topological polar surface area (TPSA) is 62.3 Å². The van der Waals surface area contributed by atoms with Gasteiger partial charge in [0.1, 0.15) is 0 Å². The Morgan fingerprint density at radius 2 is 1.61 bits per heavy atom. The van der Waals surface area contributed by atoms with Crippen LogP contribution in [0, 0.1) is 12.8 Å². The first-order chi connectivity index (χ1) is 16.1. The third-order valence-electron chi connectivity index (χ3n) is 7.35. The van der Waals surface area contributed by atoms with E-state index in [1.807, 2.05) is 19.1 Å². The van der Waals surface area contributed by atoms with Crippen LogP contribution in [0.15, 0.2) is 72.8 Å². The third kappa shape index (κ3) is 3.66. The Kier molecular flexibility index (Phi) is 5.06. The van der Waals surface area contributed by atoms with E-state index in [4.69, 9.17) is 9.47 Å². The number of epoxide rings is 1. The summed E-state index contributed by atoms with van der Waals surface area (Å²) in [5.74, 6) is -1.04. The summed E-state index contributed by atoms with van der Waals surface area (Å²) in [5.41, 5.74) is 7.40. The van der Waals surface area contributed by atoms with E-state index < -0.39 is 11.9 Å². The zero-order valence-corrected chi connectivity index (χ0v) is 18.6. The second-order valence-corrected chi connectivity index (χ2v) is 9.37. The highest BCUT2D eigenvalue weighted by Crippen LogP contribution is 2.46. The molecule has 0 amide bonds. The maximum Gasteiger partial charge on any atom is 0.308 e. The minimum absolute atomic E-state index is 0.0402. The second kappa shape index (κ2) is 8.10. The molecule has 5 heteroatoms. The van der Waals surface area contributed by atoms with E-state index in [1.54, 1.807) is 0 Å². The number of benzene rings is 3. The van der Waals surface area contributed by atoms with E-state index >= 15 is 0 Å². The van der Waals surface area contributed by atoms with Gasteiger partial charge in [-0.1, -0.05) is 78.4 Å². The highest BCUT2D eigenvalue weighted by atomic mass is 16.8. The highest BCUT2D eigenvalue weighted by molar-refractivity contribution is 5.78. The number of aryl methyl sites for hydroxylation is 1. The molecule has 2 aliphatic heterocycles. The molecular formula is C28H27NO4. The van der Waals surface area contributed by atoms with Crippen molar-refractivity contribution in [1.82, 2.24) is 4.90 Å². The highest BCUT2D eigenvalue weighted by Gasteiger charge is 2.51. The maximum absolute atomic E-state index is 12.0. The zero-order valence-electron chi connectivity index (χ0n) is 18.6. The van der Waals surface area contributed by atoms with Crippen LogP contribution in [0.5, 0.6) is 0 Å². The molecule has 0 radical (unpaired) electrons. The van der Waals surface area contributed by atoms with Crippen molar-refractivity contribution in [2.45, 2.75) is 31.3 Å². The molecule has 33 heavy (non-hydrogen) atoms. The molecule has 1 aliphatic carbocycles. The van der Waals surface area contributed by atoms with E-state index in [-0.39, 0.29) is 24.4 Å². The molecule has 1 N–H and O–H groups in total. The minimum atomic E-state index is -0.750. The van der Waals surface area contributed by atoms with Gasteiger partial charge in [0.25, 0.3) is 0 Å². The van der Waals surface area contributed by atoms with Crippen molar-refractivity contribution in [3.8, 4) is 11.1 Å². The first-order valence-electron chi connectivity index (χ1n) is 11.6. The number of carboxylic acids is 1. The van der Waals surface area contributed by atoms with Crippen molar-refractivity contribution < 1.29 is 19.4 Å². The second-order valence-electron chi connectivity index (χ2n) is 9.37. The lowest BCUT2D eigenvalue weighted by Gasteiger charge is -2.16. The summed E-state index contributed by atoms with van der Waals surface area (Å²) in [6, 6.07) is 25.2. The van der Waals surface area contributed by atoms with Gasteiger partial charge in [-0.15, -0.1) is 0 Å². The largest absolute Gasteiger partial charge is 0.481 e. The average molecular weight is 442 g/mol. The fourth-order valence-corrected chi connectivity index (χ4v) is 5.55. The molecule has 3 aromatic carbocycles. The molecular weight excluding hydrogens is 414 g/mol. The van der Waals surface area contributed by atoms with E-state index in [0.717, 1.165) is 5.56 Å². The summed E-state index contributed by atoms with van der Waals surface area (Å²) >= 11 is 0. The molecule has 2 unspecified atom stereocenters. The fraction of sp³-hybridized carbons (Fsp3) is 0.321. The van der Waals surface area contributed by atoms with E-state index in [9.17, 15) is 9.90 Å². The Morgan fingerprint density at radius 1 is 0.970 bits per heavy atom. The van der Waals surface area contributed by atoms with Gasteiger partial charge >= 0.3 is 5.97 Å². The summed E-state index contributed by atoms with van der Waals surface area (Å²) in [4.78, 5) is 14.1. The lowest BCUT2D eigenvalue weighted by molar-refractivity contribution is -0.141. The molecule has 0 saturated carbocycles. The first-order valence-corrected chi connectivity index (χ1v) is 11.6. The Morgan fingerprint density at radius 3 is 2.24 bits per heavy atom. The SMILES string of the molecule is Cc1ccc([C@@H]2CN(C3OC3OCC3c4ccccc4-c4ccccc43)C[C@H]2C(=O)O)cc1. The summed E-state index contributed by atoms with van der Waals surface area (Å²) in [6.45, 7) is 3.74. The van der Waals surface area contributed by atoms with Gasteiger partial charge in [0.2, 0.25) is 0 Å². The van der Waals surface area contributed by atoms with Crippen LogP contribution in [-0.2, 0) is 14.3 Å². The van der Waals surface area contributed by atoms with Crippen LogP contribution < -0.4 is 0 Å². The molecule has 0 aromatic heterocycles. The predicted octanol–water partition coefficient (Wildman–Crippen LogP) is 4.61. The Bertz CT molecular complexity index is 1150. The monoisotopic (exact) mass is 441 g/mol. The number of likely N-dealkylation sites (tertiary alicyclic amines) is 1. The van der Waals surface area contributed by atoms with E-state index in [0.29, 0.717) is 19.7 Å². The predicted molar refractivity (Wildman–Crippen MR) is 125 cm³/mol. The number of carboxylic acid groups (broad SMARTS) is 1. The van der Waals surface area contributed by atoms with E-state index in [1.165, 1.54) is 27.8 Å². The van der Waals surface area contributed by atoms with Gasteiger partial charge in [0.15, 0.2) is 12.5 Å². The molecule has 2 fully saturated rings. The summed E-state index contributed by atoms with van der Waals surface area (Å²) < 4.78 is 12.1. The number of ether oxygens (including phenoxy) is 2. The Balaban J connectivity index is 1.13. The molecule has 4 atom stereocenters. The molecule has 2 heterocycles. The maximum atomic E-state index is 12.0. The van der Waals surface area contributed by atoms with Gasteiger partial charge < -0.3 is 14.6 Å². The summed E-state index contributed by atoms with van der Waals surface area (Å²) in [5, 5.41) is 9.82. The normalized spacial score (nSPS) is 26.2. The van der Waals surface area contributed by atoms with Crippen molar-refractivity contribution >= 4 is 5.97 Å². The van der Waals surface area contributed by atoms with Crippen LogP contribution in [0.3, 0.4) is 0 Å². The number of fused-ring (bicyclic) bond motifs is 3. The number of carbonyl (C=O) groups is 1. The fourth-order valence-electron chi connectivity index (χ4n) is 5.55. The van der Waals surface area contributed by atoms with Gasteiger partial charge in [-0.25, -0.2) is 0 Å². The van der Waals surface area contributed by atoms with Gasteiger partial charge in [-0.05, 0) is 34.7 Å². The molecule has 2 saturated heterocycles.